The minimum atomic E-state index is -0.0479. The van der Waals surface area contributed by atoms with Crippen LogP contribution in [0.1, 0.15) is 25.3 Å². The smallest absolute Gasteiger partial charge is 0.107 e. The van der Waals surface area contributed by atoms with Gasteiger partial charge in [0.1, 0.15) is 5.60 Å². The average Bonchev–Trinajstić information content (AvgIpc) is 2.87. The number of hydrogen-bond acceptors (Lipinski definition) is 3. The van der Waals surface area contributed by atoms with Gasteiger partial charge in [0, 0.05) is 32.7 Å². The fourth-order valence-corrected chi connectivity index (χ4v) is 3.17. The van der Waals surface area contributed by atoms with Gasteiger partial charge in [-0.05, 0) is 12.0 Å². The van der Waals surface area contributed by atoms with Crippen LogP contribution in [-0.4, -0.2) is 42.9 Å². The highest BCUT2D eigenvalue weighted by atomic mass is 16.6. The summed E-state index contributed by atoms with van der Waals surface area (Å²) in [5.74, 6) is 0. The van der Waals surface area contributed by atoms with Crippen molar-refractivity contribution in [2.24, 2.45) is 0 Å². The third-order valence-corrected chi connectivity index (χ3v) is 4.16. The van der Waals surface area contributed by atoms with E-state index < -0.39 is 0 Å². The highest BCUT2D eigenvalue weighted by Crippen LogP contribution is 2.31. The first-order chi connectivity index (χ1) is 9.30. The molecular formula is C16H23NO2. The molecule has 2 fully saturated rings. The predicted molar refractivity (Wildman–Crippen MR) is 75.1 cm³/mol. The monoisotopic (exact) mass is 261 g/mol. The number of benzene rings is 1. The summed E-state index contributed by atoms with van der Waals surface area (Å²) < 4.78 is 11.9. The van der Waals surface area contributed by atoms with Crippen LogP contribution in [0.4, 0.5) is 0 Å². The molecule has 3 nitrogen and oxygen atoms in total. The van der Waals surface area contributed by atoms with Crippen molar-refractivity contribution < 1.29 is 9.47 Å². The van der Waals surface area contributed by atoms with Gasteiger partial charge >= 0.3 is 0 Å². The molecule has 0 N–H and O–H groups in total. The maximum Gasteiger partial charge on any atom is 0.107 e. The molecule has 0 amide bonds. The molecule has 2 atom stereocenters. The Morgan fingerprint density at radius 3 is 2.84 bits per heavy atom. The van der Waals surface area contributed by atoms with E-state index in [4.69, 9.17) is 9.47 Å². The second kappa shape index (κ2) is 5.61. The van der Waals surface area contributed by atoms with Crippen LogP contribution >= 0.6 is 0 Å². The number of nitrogens with zero attached hydrogens (tertiary/aromatic N) is 1. The standard InChI is InChI=1S/C16H23NO2/c1-2-15-11-17(10-14-6-4-3-5-7-14)12-16(19-15)8-9-18-13-16/h3-7,15H,2,8-13H2,1H3/t15-,16-/m0/s1. The second-order valence-corrected chi connectivity index (χ2v) is 5.79. The Hall–Kier alpha value is -0.900. The first-order valence-corrected chi connectivity index (χ1v) is 7.31. The lowest BCUT2D eigenvalue weighted by Crippen LogP contribution is -2.55. The van der Waals surface area contributed by atoms with Crippen LogP contribution in [0.25, 0.3) is 0 Å². The van der Waals surface area contributed by atoms with Gasteiger partial charge in [-0.25, -0.2) is 0 Å². The van der Waals surface area contributed by atoms with Crippen molar-refractivity contribution in [1.29, 1.82) is 0 Å². The van der Waals surface area contributed by atoms with E-state index >= 15 is 0 Å². The van der Waals surface area contributed by atoms with Crippen LogP contribution in [0.3, 0.4) is 0 Å². The van der Waals surface area contributed by atoms with Gasteiger partial charge in [-0.2, -0.15) is 0 Å². The Balaban J connectivity index is 1.70. The molecule has 0 aromatic heterocycles. The fraction of sp³-hybridized carbons (Fsp3) is 0.625. The maximum absolute atomic E-state index is 6.29. The van der Waals surface area contributed by atoms with Crippen LogP contribution in [0.5, 0.6) is 0 Å². The summed E-state index contributed by atoms with van der Waals surface area (Å²) in [6.07, 6.45) is 2.46. The van der Waals surface area contributed by atoms with E-state index in [1.807, 2.05) is 0 Å². The second-order valence-electron chi connectivity index (χ2n) is 5.79. The summed E-state index contributed by atoms with van der Waals surface area (Å²) in [6, 6.07) is 10.7. The molecule has 19 heavy (non-hydrogen) atoms. The van der Waals surface area contributed by atoms with Crippen molar-refractivity contribution in [2.45, 2.75) is 38.0 Å². The summed E-state index contributed by atoms with van der Waals surface area (Å²) >= 11 is 0. The lowest BCUT2D eigenvalue weighted by atomic mass is 9.98. The summed E-state index contributed by atoms with van der Waals surface area (Å²) in [6.45, 7) is 6.86. The van der Waals surface area contributed by atoms with Gasteiger partial charge in [-0.1, -0.05) is 37.3 Å². The van der Waals surface area contributed by atoms with Crippen LogP contribution in [0.15, 0.2) is 30.3 Å². The fourth-order valence-electron chi connectivity index (χ4n) is 3.17. The highest BCUT2D eigenvalue weighted by Gasteiger charge is 2.43. The van der Waals surface area contributed by atoms with Crippen molar-refractivity contribution >= 4 is 0 Å². The number of hydrogen-bond donors (Lipinski definition) is 0. The van der Waals surface area contributed by atoms with Crippen molar-refractivity contribution in [1.82, 2.24) is 4.90 Å². The normalized spacial score (nSPS) is 31.9. The predicted octanol–water partition coefficient (Wildman–Crippen LogP) is 2.46. The number of rotatable bonds is 3. The molecule has 104 valence electrons. The Bertz CT molecular complexity index is 400. The Morgan fingerprint density at radius 2 is 2.16 bits per heavy atom. The molecular weight excluding hydrogens is 238 g/mol. The van der Waals surface area contributed by atoms with Crippen molar-refractivity contribution in [2.75, 3.05) is 26.3 Å². The molecule has 1 aromatic carbocycles. The number of morpholine rings is 1. The van der Waals surface area contributed by atoms with E-state index in [2.05, 4.69) is 42.2 Å². The van der Waals surface area contributed by atoms with E-state index in [9.17, 15) is 0 Å². The average molecular weight is 261 g/mol. The van der Waals surface area contributed by atoms with Gasteiger partial charge in [0.15, 0.2) is 0 Å². The topological polar surface area (TPSA) is 21.7 Å². The van der Waals surface area contributed by atoms with Crippen molar-refractivity contribution in [3.63, 3.8) is 0 Å². The first kappa shape index (κ1) is 13.1. The first-order valence-electron chi connectivity index (χ1n) is 7.31. The third-order valence-electron chi connectivity index (χ3n) is 4.16. The van der Waals surface area contributed by atoms with E-state index in [1.54, 1.807) is 0 Å². The van der Waals surface area contributed by atoms with Gasteiger partial charge in [0.25, 0.3) is 0 Å². The molecule has 0 unspecified atom stereocenters. The SMILES string of the molecule is CC[C@H]1CN(Cc2ccccc2)C[C@]2(CCOC2)O1. The van der Waals surface area contributed by atoms with Gasteiger partial charge in [0.2, 0.25) is 0 Å². The molecule has 2 saturated heterocycles. The third kappa shape index (κ3) is 2.99. The molecule has 3 rings (SSSR count). The van der Waals surface area contributed by atoms with Gasteiger partial charge in [-0.3, -0.25) is 4.90 Å². The molecule has 2 heterocycles. The molecule has 0 radical (unpaired) electrons. The van der Waals surface area contributed by atoms with Gasteiger partial charge < -0.3 is 9.47 Å². The van der Waals surface area contributed by atoms with Crippen molar-refractivity contribution in [3.8, 4) is 0 Å². The molecule has 0 saturated carbocycles. The molecule has 1 aromatic rings. The molecule has 0 aliphatic carbocycles. The zero-order valence-electron chi connectivity index (χ0n) is 11.7. The molecule has 2 aliphatic rings. The van der Waals surface area contributed by atoms with Gasteiger partial charge in [-0.15, -0.1) is 0 Å². The van der Waals surface area contributed by atoms with E-state index in [0.717, 1.165) is 45.7 Å². The quantitative estimate of drug-likeness (QED) is 0.834. The minimum Gasteiger partial charge on any atom is -0.378 e. The van der Waals surface area contributed by atoms with E-state index in [1.165, 1.54) is 5.56 Å². The lowest BCUT2D eigenvalue weighted by molar-refractivity contribution is -0.156. The Morgan fingerprint density at radius 1 is 1.32 bits per heavy atom. The van der Waals surface area contributed by atoms with Crippen LogP contribution in [0, 0.1) is 0 Å². The molecule has 2 aliphatic heterocycles. The summed E-state index contributed by atoms with van der Waals surface area (Å²) in [5, 5.41) is 0. The summed E-state index contributed by atoms with van der Waals surface area (Å²) in [7, 11) is 0. The van der Waals surface area contributed by atoms with E-state index in [0.29, 0.717) is 6.10 Å². The minimum absolute atomic E-state index is 0.0479. The largest absolute Gasteiger partial charge is 0.378 e. The Kier molecular flexibility index (Phi) is 3.87. The molecule has 0 bridgehead atoms. The van der Waals surface area contributed by atoms with Crippen LogP contribution in [-0.2, 0) is 16.0 Å². The molecule has 3 heteroatoms. The summed E-state index contributed by atoms with van der Waals surface area (Å²) in [4.78, 5) is 2.53. The van der Waals surface area contributed by atoms with Crippen LogP contribution < -0.4 is 0 Å². The summed E-state index contributed by atoms with van der Waals surface area (Å²) in [5.41, 5.74) is 1.33. The van der Waals surface area contributed by atoms with Crippen molar-refractivity contribution in [3.05, 3.63) is 35.9 Å². The van der Waals surface area contributed by atoms with Gasteiger partial charge in [0.05, 0.1) is 12.7 Å². The molecule has 1 spiro atoms. The highest BCUT2D eigenvalue weighted by molar-refractivity contribution is 5.14. The maximum atomic E-state index is 6.29. The zero-order valence-corrected chi connectivity index (χ0v) is 11.7. The van der Waals surface area contributed by atoms with E-state index in [-0.39, 0.29) is 5.60 Å². The number of ether oxygens (including phenoxy) is 2. The lowest BCUT2D eigenvalue weighted by Gasteiger charge is -2.43. The Labute approximate surface area is 115 Å². The van der Waals surface area contributed by atoms with Crippen LogP contribution in [0.2, 0.25) is 0 Å². The zero-order chi connectivity index (χ0) is 13.1.